The van der Waals surface area contributed by atoms with Gasteiger partial charge in [-0.3, -0.25) is 0 Å². The second kappa shape index (κ2) is 8.20. The molecule has 0 rings (SSSR count). The molecular formula is C11H13BrO3. The van der Waals surface area contributed by atoms with Crippen molar-refractivity contribution in [3.8, 4) is 0 Å². The van der Waals surface area contributed by atoms with Crippen LogP contribution in [0.2, 0.25) is 0 Å². The number of carboxylic acid groups (broad SMARTS) is 1. The maximum Gasteiger partial charge on any atom is 0.328 e. The number of methoxy groups -OCH3 is 1. The van der Waals surface area contributed by atoms with E-state index in [1.807, 2.05) is 0 Å². The molecule has 0 fully saturated rings. The highest BCUT2D eigenvalue weighted by molar-refractivity contribution is 9.11. The Balaban J connectivity index is 4.58. The Morgan fingerprint density at radius 2 is 2.00 bits per heavy atom. The molecule has 0 aliphatic rings. The number of halogens is 1. The minimum absolute atomic E-state index is 0.429. The Bertz CT molecular complexity index is 288. The van der Waals surface area contributed by atoms with Crippen molar-refractivity contribution in [2.24, 2.45) is 0 Å². The zero-order valence-electron chi connectivity index (χ0n) is 8.44. The minimum atomic E-state index is -0.982. The quantitative estimate of drug-likeness (QED) is 0.597. The summed E-state index contributed by atoms with van der Waals surface area (Å²) < 4.78 is 5.58. The van der Waals surface area contributed by atoms with E-state index < -0.39 is 5.97 Å². The van der Waals surface area contributed by atoms with Crippen LogP contribution in [0.3, 0.4) is 0 Å². The van der Waals surface area contributed by atoms with Crippen molar-refractivity contribution in [2.75, 3.05) is 13.7 Å². The summed E-state index contributed by atoms with van der Waals surface area (Å²) in [4.78, 5) is 10.3. The van der Waals surface area contributed by atoms with Gasteiger partial charge in [-0.25, -0.2) is 4.79 Å². The Morgan fingerprint density at radius 3 is 2.47 bits per heavy atom. The second-order valence-corrected chi connectivity index (χ2v) is 3.63. The molecule has 1 N–H and O–H groups in total. The lowest BCUT2D eigenvalue weighted by atomic mass is 10.2. The van der Waals surface area contributed by atoms with Crippen LogP contribution >= 0.6 is 15.9 Å². The minimum Gasteiger partial charge on any atom is -0.478 e. The summed E-state index contributed by atoms with van der Waals surface area (Å²) in [5.74, 6) is -0.982. The fraction of sp³-hybridized carbons (Fsp3) is 0.182. The van der Waals surface area contributed by atoms with Crippen molar-refractivity contribution >= 4 is 21.9 Å². The van der Waals surface area contributed by atoms with Crippen molar-refractivity contribution in [1.29, 1.82) is 0 Å². The molecule has 0 bridgehead atoms. The maximum atomic E-state index is 10.3. The molecule has 0 aromatic heterocycles. The first-order valence-electron chi connectivity index (χ1n) is 4.19. The summed E-state index contributed by atoms with van der Waals surface area (Å²) in [6.45, 7) is 4.06. The number of hydrogen-bond acceptors (Lipinski definition) is 2. The molecule has 3 nitrogen and oxygen atoms in total. The van der Waals surface area contributed by atoms with Crippen molar-refractivity contribution in [1.82, 2.24) is 0 Å². The van der Waals surface area contributed by atoms with E-state index in [4.69, 9.17) is 9.84 Å². The summed E-state index contributed by atoms with van der Waals surface area (Å²) >= 11 is 3.17. The van der Waals surface area contributed by atoms with Gasteiger partial charge in [-0.05, 0) is 17.7 Å². The average molecular weight is 273 g/mol. The first kappa shape index (κ1) is 13.9. The maximum absolute atomic E-state index is 10.3. The first-order chi connectivity index (χ1) is 7.06. The van der Waals surface area contributed by atoms with E-state index in [9.17, 15) is 4.79 Å². The average Bonchev–Trinajstić information content (AvgIpc) is 2.16. The zero-order chi connectivity index (χ0) is 11.7. The fourth-order valence-corrected chi connectivity index (χ4v) is 0.858. The van der Waals surface area contributed by atoms with Crippen LogP contribution in [0.5, 0.6) is 0 Å². The molecule has 0 atom stereocenters. The highest BCUT2D eigenvalue weighted by Crippen LogP contribution is 2.06. The molecule has 0 aromatic rings. The van der Waals surface area contributed by atoms with Gasteiger partial charge in [0.15, 0.2) is 0 Å². The highest BCUT2D eigenvalue weighted by Gasteiger charge is 1.90. The summed E-state index contributed by atoms with van der Waals surface area (Å²) in [5.41, 5.74) is 0.750. The van der Waals surface area contributed by atoms with Gasteiger partial charge in [0.25, 0.3) is 0 Å². The molecule has 0 spiro atoms. The number of allylic oxidation sites excluding steroid dienone is 5. The van der Waals surface area contributed by atoms with Crippen molar-refractivity contribution in [2.45, 2.75) is 0 Å². The lowest BCUT2D eigenvalue weighted by Crippen LogP contribution is -1.88. The molecule has 0 unspecified atom stereocenters. The summed E-state index contributed by atoms with van der Waals surface area (Å²) in [7, 11) is 1.57. The number of ether oxygens (including phenoxy) is 1. The molecular weight excluding hydrogens is 260 g/mol. The van der Waals surface area contributed by atoms with Crippen LogP contribution in [0.4, 0.5) is 0 Å². The summed E-state index contributed by atoms with van der Waals surface area (Å²) in [5, 5.41) is 8.47. The normalized spacial score (nSPS) is 12.5. The topological polar surface area (TPSA) is 46.5 Å². The SMILES string of the molecule is C=C(Br)\C=C/C(=C\COC)/C=C/C(=O)O. The fourth-order valence-electron chi connectivity index (χ4n) is 0.725. The van der Waals surface area contributed by atoms with Gasteiger partial charge in [0.1, 0.15) is 0 Å². The van der Waals surface area contributed by atoms with E-state index >= 15 is 0 Å². The van der Waals surface area contributed by atoms with Crippen LogP contribution in [-0.2, 0) is 9.53 Å². The molecule has 0 amide bonds. The van der Waals surface area contributed by atoms with E-state index in [1.54, 1.807) is 25.3 Å². The standard InChI is InChI=1S/C11H13BrO3/c1-9(12)3-4-10(7-8-15-2)5-6-11(13)14/h3-7H,1,8H2,2H3,(H,13,14)/b4-3-,6-5+,10-7+. The molecule has 0 aliphatic carbocycles. The molecule has 15 heavy (non-hydrogen) atoms. The second-order valence-electron chi connectivity index (χ2n) is 2.61. The van der Waals surface area contributed by atoms with Crippen LogP contribution in [-0.4, -0.2) is 24.8 Å². The predicted molar refractivity (Wildman–Crippen MR) is 63.9 cm³/mol. The molecule has 0 aromatic carbocycles. The first-order valence-corrected chi connectivity index (χ1v) is 4.98. The lowest BCUT2D eigenvalue weighted by Gasteiger charge is -1.94. The molecule has 0 saturated heterocycles. The Morgan fingerprint density at radius 1 is 1.40 bits per heavy atom. The highest BCUT2D eigenvalue weighted by atomic mass is 79.9. The van der Waals surface area contributed by atoms with Gasteiger partial charge in [0.05, 0.1) is 6.61 Å². The Labute approximate surface area is 97.6 Å². The van der Waals surface area contributed by atoms with E-state index in [0.29, 0.717) is 6.61 Å². The van der Waals surface area contributed by atoms with Crippen LogP contribution < -0.4 is 0 Å². The van der Waals surface area contributed by atoms with Crippen LogP contribution in [0.25, 0.3) is 0 Å². The van der Waals surface area contributed by atoms with Gasteiger partial charge in [0, 0.05) is 17.7 Å². The number of hydrogen-bond donors (Lipinski definition) is 1. The summed E-state index contributed by atoms with van der Waals surface area (Å²) in [6, 6.07) is 0. The zero-order valence-corrected chi connectivity index (χ0v) is 10.0. The molecule has 0 saturated carbocycles. The Kier molecular flexibility index (Phi) is 7.58. The number of carboxylic acids is 1. The van der Waals surface area contributed by atoms with E-state index in [1.165, 1.54) is 6.08 Å². The van der Waals surface area contributed by atoms with Crippen LogP contribution in [0.15, 0.2) is 47.0 Å². The van der Waals surface area contributed by atoms with Crippen molar-refractivity contribution in [3.05, 3.63) is 47.0 Å². The lowest BCUT2D eigenvalue weighted by molar-refractivity contribution is -0.131. The van der Waals surface area contributed by atoms with Gasteiger partial charge in [-0.15, -0.1) is 0 Å². The molecule has 0 aliphatic heterocycles. The molecule has 0 radical (unpaired) electrons. The van der Waals surface area contributed by atoms with Gasteiger partial charge in [-0.1, -0.05) is 34.7 Å². The molecule has 4 heteroatoms. The van der Waals surface area contributed by atoms with Gasteiger partial charge >= 0.3 is 5.97 Å². The van der Waals surface area contributed by atoms with Crippen LogP contribution in [0, 0.1) is 0 Å². The van der Waals surface area contributed by atoms with Gasteiger partial charge in [-0.2, -0.15) is 0 Å². The number of rotatable bonds is 6. The van der Waals surface area contributed by atoms with E-state index in [2.05, 4.69) is 22.5 Å². The molecule has 0 heterocycles. The summed E-state index contributed by atoms with van der Waals surface area (Å²) in [6.07, 6.45) is 7.81. The van der Waals surface area contributed by atoms with Gasteiger partial charge < -0.3 is 9.84 Å². The number of carbonyl (C=O) groups is 1. The smallest absolute Gasteiger partial charge is 0.328 e. The van der Waals surface area contributed by atoms with E-state index in [0.717, 1.165) is 16.1 Å². The third-order valence-corrected chi connectivity index (χ3v) is 1.63. The predicted octanol–water partition coefficient (Wildman–Crippen LogP) is 2.66. The van der Waals surface area contributed by atoms with E-state index in [-0.39, 0.29) is 0 Å². The third kappa shape index (κ3) is 9.18. The van der Waals surface area contributed by atoms with Crippen molar-refractivity contribution in [3.63, 3.8) is 0 Å². The van der Waals surface area contributed by atoms with Crippen LogP contribution in [0.1, 0.15) is 0 Å². The van der Waals surface area contributed by atoms with Gasteiger partial charge in [0.2, 0.25) is 0 Å². The van der Waals surface area contributed by atoms with Crippen molar-refractivity contribution < 1.29 is 14.6 Å². The number of aliphatic carboxylic acids is 1. The Hall–Kier alpha value is -1.13. The molecule has 82 valence electrons. The monoisotopic (exact) mass is 272 g/mol. The largest absolute Gasteiger partial charge is 0.478 e. The third-order valence-electron chi connectivity index (χ3n) is 1.36.